The normalized spacial score (nSPS) is 19.3. The Balaban J connectivity index is 1.90. The average molecular weight is 215 g/mol. The lowest BCUT2D eigenvalue weighted by Gasteiger charge is -2.12. The van der Waals surface area contributed by atoms with Crippen LogP contribution in [0, 0.1) is 0 Å². The van der Waals surface area contributed by atoms with E-state index in [2.05, 4.69) is 5.32 Å². The first-order valence-corrected chi connectivity index (χ1v) is 5.57. The number of carbonyl (C=O) groups excluding carboxylic acids is 1. The van der Waals surface area contributed by atoms with Crippen LogP contribution in [0.15, 0.2) is 0 Å². The summed E-state index contributed by atoms with van der Waals surface area (Å²) in [6, 6.07) is -0.600. The second-order valence-electron chi connectivity index (χ2n) is 3.99. The van der Waals surface area contributed by atoms with Gasteiger partial charge in [-0.2, -0.15) is 0 Å². The highest BCUT2D eigenvalue weighted by atomic mass is 16.5. The van der Waals surface area contributed by atoms with Crippen LogP contribution in [-0.2, 0) is 9.53 Å². The van der Waals surface area contributed by atoms with Crippen molar-refractivity contribution >= 4 is 5.91 Å². The van der Waals surface area contributed by atoms with Crippen molar-refractivity contribution in [3.8, 4) is 0 Å². The van der Waals surface area contributed by atoms with Crippen molar-refractivity contribution in [1.29, 1.82) is 0 Å². The number of hydrogen-bond donors (Lipinski definition) is 3. The van der Waals surface area contributed by atoms with Crippen molar-refractivity contribution in [2.75, 3.05) is 19.7 Å². The smallest absolute Gasteiger partial charge is 0.235 e. The lowest BCUT2D eigenvalue weighted by atomic mass is 10.3. The second-order valence-corrected chi connectivity index (χ2v) is 3.99. The lowest BCUT2D eigenvalue weighted by molar-refractivity contribution is -0.119. The summed E-state index contributed by atoms with van der Waals surface area (Å²) in [6.07, 6.45) is 5.37. The Kier molecular flexibility index (Phi) is 5.60. The minimum Gasteiger partial charge on any atom is -0.377 e. The summed E-state index contributed by atoms with van der Waals surface area (Å²) in [5, 5.41) is 3.04. The van der Waals surface area contributed by atoms with Gasteiger partial charge in [0.05, 0.1) is 18.8 Å². The van der Waals surface area contributed by atoms with E-state index in [-0.39, 0.29) is 0 Å². The van der Waals surface area contributed by atoms with Gasteiger partial charge in [0, 0.05) is 13.1 Å². The molecule has 1 aliphatic rings. The Bertz CT molecular complexity index is 193. The number of nitrogens with two attached hydrogens (primary N) is 2. The Labute approximate surface area is 90.5 Å². The third-order valence-electron chi connectivity index (χ3n) is 2.66. The first-order chi connectivity index (χ1) is 7.20. The van der Waals surface area contributed by atoms with Gasteiger partial charge in [-0.25, -0.2) is 0 Å². The van der Waals surface area contributed by atoms with Crippen LogP contribution in [0.2, 0.25) is 0 Å². The summed E-state index contributed by atoms with van der Waals surface area (Å²) in [7, 11) is 0. The largest absolute Gasteiger partial charge is 0.377 e. The molecular formula is C10H21N3O2. The van der Waals surface area contributed by atoms with Crippen molar-refractivity contribution in [2.24, 2.45) is 11.5 Å². The Morgan fingerprint density at radius 1 is 1.47 bits per heavy atom. The fourth-order valence-electron chi connectivity index (χ4n) is 1.71. The van der Waals surface area contributed by atoms with Crippen molar-refractivity contribution < 1.29 is 9.53 Å². The third kappa shape index (κ3) is 5.11. The lowest BCUT2D eigenvalue weighted by Crippen LogP contribution is -2.44. The quantitative estimate of drug-likeness (QED) is 0.492. The van der Waals surface area contributed by atoms with E-state index in [1.807, 2.05) is 0 Å². The van der Waals surface area contributed by atoms with Crippen LogP contribution >= 0.6 is 0 Å². The zero-order valence-corrected chi connectivity index (χ0v) is 9.08. The molecule has 1 aliphatic carbocycles. The highest BCUT2D eigenvalue weighted by Gasteiger charge is 2.14. The molecule has 0 aromatic heterocycles. The number of rotatable bonds is 7. The molecule has 0 saturated heterocycles. The fourth-order valence-corrected chi connectivity index (χ4v) is 1.71. The molecule has 1 fully saturated rings. The first-order valence-electron chi connectivity index (χ1n) is 5.57. The predicted octanol–water partition coefficient (Wildman–Crippen LogP) is -0.652. The molecule has 88 valence electrons. The molecule has 0 heterocycles. The van der Waals surface area contributed by atoms with E-state index in [1.165, 1.54) is 25.7 Å². The van der Waals surface area contributed by atoms with Gasteiger partial charge in [-0.3, -0.25) is 4.79 Å². The molecule has 0 aliphatic heterocycles. The van der Waals surface area contributed by atoms with E-state index in [0.717, 1.165) is 6.54 Å². The maximum Gasteiger partial charge on any atom is 0.235 e. The highest BCUT2D eigenvalue weighted by Crippen LogP contribution is 2.20. The van der Waals surface area contributed by atoms with Gasteiger partial charge < -0.3 is 21.5 Å². The molecule has 1 saturated carbocycles. The van der Waals surface area contributed by atoms with Crippen LogP contribution in [0.25, 0.3) is 0 Å². The summed E-state index contributed by atoms with van der Waals surface area (Å²) in [5.41, 5.74) is 10.5. The van der Waals surface area contributed by atoms with Crippen molar-refractivity contribution in [1.82, 2.24) is 5.32 Å². The summed E-state index contributed by atoms with van der Waals surface area (Å²) in [6.45, 7) is 1.82. The van der Waals surface area contributed by atoms with Crippen LogP contribution in [0.5, 0.6) is 0 Å². The number of ether oxygens (including phenoxy) is 1. The van der Waals surface area contributed by atoms with Crippen LogP contribution in [-0.4, -0.2) is 37.7 Å². The fraction of sp³-hybridized carbons (Fsp3) is 0.900. The zero-order chi connectivity index (χ0) is 11.1. The number of nitrogens with one attached hydrogen (secondary N) is 1. The average Bonchev–Trinajstić information content (AvgIpc) is 2.69. The zero-order valence-electron chi connectivity index (χ0n) is 9.08. The molecule has 0 bridgehead atoms. The van der Waals surface area contributed by atoms with E-state index in [1.54, 1.807) is 0 Å². The van der Waals surface area contributed by atoms with E-state index in [9.17, 15) is 4.79 Å². The molecule has 0 aromatic carbocycles. The summed E-state index contributed by atoms with van der Waals surface area (Å²) < 4.78 is 5.63. The van der Waals surface area contributed by atoms with E-state index < -0.39 is 11.9 Å². The molecule has 1 unspecified atom stereocenters. The number of primary amides is 1. The molecule has 0 radical (unpaired) electrons. The van der Waals surface area contributed by atoms with Crippen molar-refractivity contribution in [3.05, 3.63) is 0 Å². The van der Waals surface area contributed by atoms with Gasteiger partial charge in [-0.15, -0.1) is 0 Å². The molecule has 5 nitrogen and oxygen atoms in total. The van der Waals surface area contributed by atoms with Crippen molar-refractivity contribution in [2.45, 2.75) is 37.8 Å². The SMILES string of the molecule is NC(=O)C(N)CNCCOC1CCCC1. The van der Waals surface area contributed by atoms with Gasteiger partial charge in [0.15, 0.2) is 0 Å². The minimum absolute atomic E-state index is 0.420. The highest BCUT2D eigenvalue weighted by molar-refractivity contribution is 5.79. The van der Waals surface area contributed by atoms with E-state index in [4.69, 9.17) is 16.2 Å². The molecule has 0 aromatic rings. The Hall–Kier alpha value is -0.650. The Morgan fingerprint density at radius 3 is 2.73 bits per heavy atom. The predicted molar refractivity (Wildman–Crippen MR) is 58.2 cm³/mol. The molecule has 1 amide bonds. The van der Waals surface area contributed by atoms with Gasteiger partial charge >= 0.3 is 0 Å². The number of hydrogen-bond acceptors (Lipinski definition) is 4. The second kappa shape index (κ2) is 6.76. The third-order valence-corrected chi connectivity index (χ3v) is 2.66. The van der Waals surface area contributed by atoms with Crippen LogP contribution in [0.1, 0.15) is 25.7 Å². The Morgan fingerprint density at radius 2 is 2.13 bits per heavy atom. The number of amides is 1. The molecule has 0 spiro atoms. The molecule has 5 N–H and O–H groups in total. The topological polar surface area (TPSA) is 90.4 Å². The maximum atomic E-state index is 10.6. The molecule has 1 atom stereocenters. The van der Waals surface area contributed by atoms with Gasteiger partial charge in [-0.1, -0.05) is 12.8 Å². The van der Waals surface area contributed by atoms with Gasteiger partial charge in [0.25, 0.3) is 0 Å². The maximum absolute atomic E-state index is 10.6. The van der Waals surface area contributed by atoms with E-state index >= 15 is 0 Å². The summed E-state index contributed by atoms with van der Waals surface area (Å²) in [4.78, 5) is 10.6. The van der Waals surface area contributed by atoms with Gasteiger partial charge in [0.2, 0.25) is 5.91 Å². The molecule has 15 heavy (non-hydrogen) atoms. The van der Waals surface area contributed by atoms with Crippen LogP contribution in [0.4, 0.5) is 0 Å². The molecule has 5 heteroatoms. The summed E-state index contributed by atoms with van der Waals surface area (Å²) in [5.74, 6) is -0.473. The van der Waals surface area contributed by atoms with Gasteiger partial charge in [0.1, 0.15) is 0 Å². The first kappa shape index (κ1) is 12.4. The van der Waals surface area contributed by atoms with E-state index in [0.29, 0.717) is 19.3 Å². The van der Waals surface area contributed by atoms with Gasteiger partial charge in [-0.05, 0) is 12.8 Å². The molecular weight excluding hydrogens is 194 g/mol. The summed E-state index contributed by atoms with van der Waals surface area (Å²) >= 11 is 0. The molecule has 1 rings (SSSR count). The standard InChI is InChI=1S/C10H21N3O2/c11-9(10(12)14)7-13-5-6-15-8-3-1-2-4-8/h8-9,13H,1-7,11H2,(H2,12,14). The van der Waals surface area contributed by atoms with Crippen LogP contribution < -0.4 is 16.8 Å². The van der Waals surface area contributed by atoms with Crippen LogP contribution in [0.3, 0.4) is 0 Å². The monoisotopic (exact) mass is 215 g/mol. The van der Waals surface area contributed by atoms with Crippen molar-refractivity contribution in [3.63, 3.8) is 0 Å². The minimum atomic E-state index is -0.600. The number of carbonyl (C=O) groups is 1.